The van der Waals surface area contributed by atoms with Gasteiger partial charge in [-0.1, -0.05) is 0 Å². The summed E-state index contributed by atoms with van der Waals surface area (Å²) < 4.78 is 4.96. The Morgan fingerprint density at radius 1 is 0.868 bits per heavy atom. The van der Waals surface area contributed by atoms with Crippen LogP contribution in [-0.4, -0.2) is 101 Å². The average Bonchev–Trinajstić information content (AvgIpc) is 2.76. The van der Waals surface area contributed by atoms with Gasteiger partial charge in [-0.15, -0.1) is 12.4 Å². The van der Waals surface area contributed by atoms with Crippen LogP contribution in [0.5, 0.6) is 0 Å². The van der Waals surface area contributed by atoms with E-state index < -0.39 is 11.9 Å². The van der Waals surface area contributed by atoms with E-state index in [9.17, 15) is 28.8 Å². The van der Waals surface area contributed by atoms with Crippen LogP contribution in [0.1, 0.15) is 72.1 Å². The Morgan fingerprint density at radius 3 is 1.76 bits per heavy atom. The smallest absolute Gasteiger partial charge is 0.323 e. The summed E-state index contributed by atoms with van der Waals surface area (Å²) in [6.45, 7) is 7.09. The van der Waals surface area contributed by atoms with Gasteiger partial charge in [0.1, 0.15) is 12.1 Å². The molecule has 0 unspecified atom stereocenters. The van der Waals surface area contributed by atoms with Crippen molar-refractivity contribution in [3.8, 4) is 0 Å². The molecule has 0 spiro atoms. The van der Waals surface area contributed by atoms with Crippen LogP contribution in [0.25, 0.3) is 0 Å². The zero-order chi connectivity index (χ0) is 28.4. The van der Waals surface area contributed by atoms with Gasteiger partial charge in [0.2, 0.25) is 17.7 Å². The number of piperidine rings is 2. The fourth-order valence-electron chi connectivity index (χ4n) is 3.27. The van der Waals surface area contributed by atoms with Crippen molar-refractivity contribution in [2.24, 2.45) is 5.73 Å². The molecule has 2 aliphatic rings. The van der Waals surface area contributed by atoms with Crippen LogP contribution in [0.4, 0.5) is 0 Å². The number of rotatable bonds is 9. The number of halogens is 1. The zero-order valence-electron chi connectivity index (χ0n) is 22.5. The Balaban J connectivity index is 0. The number of amides is 3. The monoisotopic (exact) mass is 566 g/mol. The molecule has 0 aliphatic carbocycles. The standard InChI is InChI=1S/C10H16N2O4.C7H11NO3.C7H15NO2.ClH/c13-8(11-5-4-10(15)16)7-12-6-2-1-3-9(12)14;9-6-3-1-2-4-8(6)5-7(10)11;1-7(2,3)10-6(9)4-5-8;/h1-7H2,(H,11,13)(H,15,16);1-5H2,(H,10,11);4-5,8H2,1-3H3;1H. The second kappa shape index (κ2) is 20.1. The predicted octanol–water partition coefficient (Wildman–Crippen LogP) is 0.772. The molecule has 0 saturated carbocycles. The summed E-state index contributed by atoms with van der Waals surface area (Å²) in [6, 6.07) is 0. The molecule has 2 aliphatic heterocycles. The number of hydrogen-bond acceptors (Lipinski definition) is 8. The van der Waals surface area contributed by atoms with Crippen LogP contribution in [0.3, 0.4) is 0 Å². The number of carboxylic acid groups (broad SMARTS) is 2. The number of nitrogens with one attached hydrogen (secondary N) is 1. The number of carboxylic acids is 2. The molecule has 0 aromatic rings. The summed E-state index contributed by atoms with van der Waals surface area (Å²) in [5, 5.41) is 19.2. The van der Waals surface area contributed by atoms with Crippen LogP contribution in [-0.2, 0) is 33.5 Å². The molecule has 0 bridgehead atoms. The van der Waals surface area contributed by atoms with Gasteiger partial charge in [-0.05, 0) is 46.5 Å². The second-order valence-corrected chi connectivity index (χ2v) is 9.56. The van der Waals surface area contributed by atoms with Crippen molar-refractivity contribution in [2.75, 3.05) is 39.3 Å². The summed E-state index contributed by atoms with van der Waals surface area (Å²) >= 11 is 0. The van der Waals surface area contributed by atoms with E-state index in [4.69, 9.17) is 20.7 Å². The minimum Gasteiger partial charge on any atom is -0.481 e. The highest BCUT2D eigenvalue weighted by Gasteiger charge is 2.21. The first-order chi connectivity index (χ1) is 17.2. The van der Waals surface area contributed by atoms with Crippen molar-refractivity contribution >= 4 is 48.0 Å². The van der Waals surface area contributed by atoms with Gasteiger partial charge in [0.15, 0.2) is 0 Å². The summed E-state index contributed by atoms with van der Waals surface area (Å²) in [5.74, 6) is -2.43. The molecule has 13 nitrogen and oxygen atoms in total. The van der Waals surface area contributed by atoms with E-state index in [1.165, 1.54) is 9.80 Å². The maximum atomic E-state index is 11.4. The molecule has 2 fully saturated rings. The largest absolute Gasteiger partial charge is 0.481 e. The Bertz CT molecular complexity index is 787. The molecule has 2 rings (SSSR count). The van der Waals surface area contributed by atoms with Crippen LogP contribution < -0.4 is 11.1 Å². The molecule has 220 valence electrons. The molecule has 14 heteroatoms. The summed E-state index contributed by atoms with van der Waals surface area (Å²) in [7, 11) is 0. The third-order valence-electron chi connectivity index (χ3n) is 4.93. The van der Waals surface area contributed by atoms with Crippen LogP contribution in [0.2, 0.25) is 0 Å². The van der Waals surface area contributed by atoms with Gasteiger partial charge in [-0.3, -0.25) is 28.8 Å². The summed E-state index contributed by atoms with van der Waals surface area (Å²) in [6.07, 6.45) is 4.85. The van der Waals surface area contributed by atoms with Gasteiger partial charge in [0.05, 0.1) is 19.4 Å². The van der Waals surface area contributed by atoms with Gasteiger partial charge in [-0.25, -0.2) is 0 Å². The number of carbonyl (C=O) groups is 6. The van der Waals surface area contributed by atoms with E-state index in [-0.39, 0.29) is 67.8 Å². The van der Waals surface area contributed by atoms with Crippen LogP contribution >= 0.6 is 12.4 Å². The number of carbonyl (C=O) groups excluding carboxylic acids is 4. The second-order valence-electron chi connectivity index (χ2n) is 9.56. The lowest BCUT2D eigenvalue weighted by Gasteiger charge is -2.25. The molecular weight excluding hydrogens is 524 g/mol. The fraction of sp³-hybridized carbons (Fsp3) is 0.750. The normalized spacial score (nSPS) is 15.1. The van der Waals surface area contributed by atoms with E-state index >= 15 is 0 Å². The van der Waals surface area contributed by atoms with E-state index in [2.05, 4.69) is 5.32 Å². The number of hydrogen-bond donors (Lipinski definition) is 4. The van der Waals surface area contributed by atoms with Gasteiger partial charge in [0, 0.05) is 39.0 Å². The maximum absolute atomic E-state index is 11.4. The van der Waals surface area contributed by atoms with Gasteiger partial charge in [0.25, 0.3) is 0 Å². The molecule has 0 aromatic carbocycles. The lowest BCUT2D eigenvalue weighted by atomic mass is 10.1. The van der Waals surface area contributed by atoms with Gasteiger partial charge in [-0.2, -0.15) is 0 Å². The molecule has 5 N–H and O–H groups in total. The van der Waals surface area contributed by atoms with Gasteiger partial charge >= 0.3 is 17.9 Å². The Morgan fingerprint density at radius 2 is 1.37 bits per heavy atom. The predicted molar refractivity (Wildman–Crippen MR) is 141 cm³/mol. The van der Waals surface area contributed by atoms with Crippen molar-refractivity contribution in [3.63, 3.8) is 0 Å². The molecule has 2 saturated heterocycles. The quantitative estimate of drug-likeness (QED) is 0.289. The topological polar surface area (TPSA) is 197 Å². The molecule has 3 amide bonds. The van der Waals surface area contributed by atoms with E-state index in [0.717, 1.165) is 25.7 Å². The van der Waals surface area contributed by atoms with Crippen molar-refractivity contribution < 1.29 is 43.7 Å². The first-order valence-electron chi connectivity index (χ1n) is 12.4. The molecule has 2 heterocycles. The van der Waals surface area contributed by atoms with Crippen LogP contribution in [0, 0.1) is 0 Å². The Labute approximate surface area is 229 Å². The van der Waals surface area contributed by atoms with E-state index in [1.54, 1.807) is 0 Å². The highest BCUT2D eigenvalue weighted by atomic mass is 35.5. The molecule has 0 aromatic heterocycles. The SMILES string of the molecule is CC(C)(C)OC(=O)CCN.Cl.O=C(O)CCNC(=O)CN1CCCCC1=O.O=C(O)CN1CCCCC1=O. The lowest BCUT2D eigenvalue weighted by Crippen LogP contribution is -2.43. The number of likely N-dealkylation sites (tertiary alicyclic amines) is 2. The maximum Gasteiger partial charge on any atom is 0.323 e. The average molecular weight is 567 g/mol. The summed E-state index contributed by atoms with van der Waals surface area (Å²) in [4.78, 5) is 67.8. The summed E-state index contributed by atoms with van der Waals surface area (Å²) in [5.41, 5.74) is 4.76. The fourth-order valence-corrected chi connectivity index (χ4v) is 3.27. The number of nitrogens with zero attached hydrogens (tertiary/aromatic N) is 2. The third-order valence-corrected chi connectivity index (χ3v) is 4.93. The molecule has 0 atom stereocenters. The van der Waals surface area contributed by atoms with Gasteiger partial charge < -0.3 is 35.8 Å². The lowest BCUT2D eigenvalue weighted by molar-refractivity contribution is -0.154. The zero-order valence-corrected chi connectivity index (χ0v) is 23.3. The minimum atomic E-state index is -0.950. The highest BCUT2D eigenvalue weighted by molar-refractivity contribution is 5.86. The van der Waals surface area contributed by atoms with Crippen LogP contribution in [0.15, 0.2) is 0 Å². The molecule has 38 heavy (non-hydrogen) atoms. The minimum absolute atomic E-state index is 0. The Kier molecular flexibility index (Phi) is 19.7. The van der Waals surface area contributed by atoms with Crippen molar-refractivity contribution in [2.45, 2.75) is 77.7 Å². The number of nitrogens with two attached hydrogens (primary N) is 1. The molecule has 0 radical (unpaired) electrons. The third kappa shape index (κ3) is 20.2. The van der Waals surface area contributed by atoms with Crippen molar-refractivity contribution in [1.82, 2.24) is 15.1 Å². The number of ether oxygens (including phenoxy) is 1. The van der Waals surface area contributed by atoms with E-state index in [0.29, 0.717) is 38.9 Å². The van der Waals surface area contributed by atoms with Crippen molar-refractivity contribution in [3.05, 3.63) is 0 Å². The van der Waals surface area contributed by atoms with E-state index in [1.807, 2.05) is 20.8 Å². The Hall–Kier alpha value is -2.93. The van der Waals surface area contributed by atoms with Crippen molar-refractivity contribution in [1.29, 1.82) is 0 Å². The molecular formula is C24H43ClN4O9. The number of aliphatic carboxylic acids is 2. The number of esters is 1. The first kappa shape index (κ1) is 37.2. The first-order valence-corrected chi connectivity index (χ1v) is 12.4. The highest BCUT2D eigenvalue weighted by Crippen LogP contribution is 2.10.